The normalized spacial score (nSPS) is 30.2. The molecule has 2 saturated heterocycles. The SMILES string of the molecule is CNC(=O)[C@H]1C[C@@H]2CCN(Cc3csc(C)n3)C[C@H]2O1. The van der Waals surface area contributed by atoms with Gasteiger partial charge in [0.15, 0.2) is 0 Å². The van der Waals surface area contributed by atoms with Gasteiger partial charge >= 0.3 is 0 Å². The second-order valence-corrected chi connectivity index (χ2v) is 6.72. The van der Waals surface area contributed by atoms with E-state index in [9.17, 15) is 4.79 Å². The first-order chi connectivity index (χ1) is 9.65. The lowest BCUT2D eigenvalue weighted by atomic mass is 9.91. The number of amides is 1. The van der Waals surface area contributed by atoms with Gasteiger partial charge in [-0.05, 0) is 32.2 Å². The predicted molar refractivity (Wildman–Crippen MR) is 77.6 cm³/mol. The maximum Gasteiger partial charge on any atom is 0.248 e. The number of thiazole rings is 1. The van der Waals surface area contributed by atoms with Gasteiger partial charge in [0, 0.05) is 25.5 Å². The van der Waals surface area contributed by atoms with E-state index in [1.54, 1.807) is 18.4 Å². The molecule has 0 radical (unpaired) electrons. The molecular weight excluding hydrogens is 274 g/mol. The molecule has 2 fully saturated rings. The number of nitrogens with zero attached hydrogens (tertiary/aromatic N) is 2. The number of piperidine rings is 1. The molecule has 0 aromatic carbocycles. The number of fused-ring (bicyclic) bond motifs is 1. The number of hydrogen-bond donors (Lipinski definition) is 1. The van der Waals surface area contributed by atoms with Crippen molar-refractivity contribution >= 4 is 17.2 Å². The van der Waals surface area contributed by atoms with Crippen molar-refractivity contribution in [2.45, 2.75) is 38.5 Å². The maximum atomic E-state index is 11.7. The highest BCUT2D eigenvalue weighted by Gasteiger charge is 2.41. The Bertz CT molecular complexity index is 491. The minimum atomic E-state index is -0.253. The highest BCUT2D eigenvalue weighted by Crippen LogP contribution is 2.33. The van der Waals surface area contributed by atoms with Crippen LogP contribution in [0.4, 0.5) is 0 Å². The molecule has 2 aliphatic rings. The summed E-state index contributed by atoms with van der Waals surface area (Å²) >= 11 is 1.70. The van der Waals surface area contributed by atoms with E-state index >= 15 is 0 Å². The third kappa shape index (κ3) is 2.87. The largest absolute Gasteiger partial charge is 0.364 e. The van der Waals surface area contributed by atoms with Crippen molar-refractivity contribution in [3.8, 4) is 0 Å². The molecule has 5 nitrogen and oxygen atoms in total. The molecule has 1 N–H and O–H groups in total. The number of likely N-dealkylation sites (tertiary alicyclic amines) is 1. The number of aromatic nitrogens is 1. The molecule has 1 aromatic heterocycles. The van der Waals surface area contributed by atoms with Crippen molar-refractivity contribution in [2.24, 2.45) is 5.92 Å². The molecular formula is C14H21N3O2S. The van der Waals surface area contributed by atoms with Crippen molar-refractivity contribution in [3.05, 3.63) is 16.1 Å². The smallest absolute Gasteiger partial charge is 0.248 e. The van der Waals surface area contributed by atoms with E-state index in [1.165, 1.54) is 0 Å². The molecule has 20 heavy (non-hydrogen) atoms. The Balaban J connectivity index is 1.57. The minimum Gasteiger partial charge on any atom is -0.364 e. The fourth-order valence-corrected chi connectivity index (χ4v) is 3.78. The standard InChI is InChI=1S/C14H21N3O2S/c1-9-16-11(8-20-9)6-17-4-3-10-5-12(14(18)15-2)19-13(10)7-17/h8,10,12-13H,3-7H2,1-2H3,(H,15,18)/t10-,12+,13+/m0/s1. The first kappa shape index (κ1) is 14.0. The highest BCUT2D eigenvalue weighted by atomic mass is 32.1. The number of carbonyl (C=O) groups excluding carboxylic acids is 1. The second-order valence-electron chi connectivity index (χ2n) is 5.65. The molecule has 1 amide bonds. The summed E-state index contributed by atoms with van der Waals surface area (Å²) in [7, 11) is 1.67. The lowest BCUT2D eigenvalue weighted by Gasteiger charge is -2.33. The number of hydrogen-bond acceptors (Lipinski definition) is 5. The number of likely N-dealkylation sites (N-methyl/N-ethyl adjacent to an activating group) is 1. The third-order valence-electron chi connectivity index (χ3n) is 4.23. The zero-order chi connectivity index (χ0) is 14.1. The molecule has 3 atom stereocenters. The maximum absolute atomic E-state index is 11.7. The van der Waals surface area contributed by atoms with Crippen molar-refractivity contribution in [3.63, 3.8) is 0 Å². The molecule has 0 unspecified atom stereocenters. The number of aryl methyl sites for hydroxylation is 1. The van der Waals surface area contributed by atoms with E-state index < -0.39 is 0 Å². The van der Waals surface area contributed by atoms with E-state index in [0.29, 0.717) is 5.92 Å². The Kier molecular flexibility index (Phi) is 4.05. The number of carbonyl (C=O) groups is 1. The van der Waals surface area contributed by atoms with E-state index in [2.05, 4.69) is 20.6 Å². The number of nitrogens with one attached hydrogen (secondary N) is 1. The van der Waals surface area contributed by atoms with Gasteiger partial charge in [-0.1, -0.05) is 0 Å². The Morgan fingerprint density at radius 3 is 3.20 bits per heavy atom. The van der Waals surface area contributed by atoms with Gasteiger partial charge in [0.05, 0.1) is 16.8 Å². The van der Waals surface area contributed by atoms with Crippen LogP contribution in [-0.4, -0.2) is 48.1 Å². The van der Waals surface area contributed by atoms with Gasteiger partial charge in [-0.3, -0.25) is 9.69 Å². The van der Waals surface area contributed by atoms with E-state index in [0.717, 1.165) is 43.2 Å². The third-order valence-corrected chi connectivity index (χ3v) is 5.05. The summed E-state index contributed by atoms with van der Waals surface area (Å²) in [6, 6.07) is 0. The van der Waals surface area contributed by atoms with Crippen LogP contribution in [0.5, 0.6) is 0 Å². The van der Waals surface area contributed by atoms with Crippen molar-refractivity contribution in [2.75, 3.05) is 20.1 Å². The van der Waals surface area contributed by atoms with Crippen LogP contribution in [0.15, 0.2) is 5.38 Å². The molecule has 2 aliphatic heterocycles. The van der Waals surface area contributed by atoms with Crippen molar-refractivity contribution < 1.29 is 9.53 Å². The summed E-state index contributed by atoms with van der Waals surface area (Å²) in [5.74, 6) is 0.548. The quantitative estimate of drug-likeness (QED) is 0.910. The van der Waals surface area contributed by atoms with Gasteiger partial charge in [-0.25, -0.2) is 4.98 Å². The molecule has 110 valence electrons. The molecule has 0 bridgehead atoms. The van der Waals surface area contributed by atoms with Crippen LogP contribution in [0.3, 0.4) is 0 Å². The Hall–Kier alpha value is -0.980. The zero-order valence-electron chi connectivity index (χ0n) is 12.0. The summed E-state index contributed by atoms with van der Waals surface area (Å²) in [6.07, 6.45) is 1.93. The monoisotopic (exact) mass is 295 g/mol. The first-order valence-electron chi connectivity index (χ1n) is 7.16. The molecule has 3 heterocycles. The van der Waals surface area contributed by atoms with Crippen LogP contribution in [0.2, 0.25) is 0 Å². The van der Waals surface area contributed by atoms with Gasteiger partial charge < -0.3 is 10.1 Å². The molecule has 0 aliphatic carbocycles. The summed E-state index contributed by atoms with van der Waals surface area (Å²) in [6.45, 7) is 4.91. The van der Waals surface area contributed by atoms with Gasteiger partial charge in [0.25, 0.3) is 0 Å². The Morgan fingerprint density at radius 1 is 1.65 bits per heavy atom. The summed E-state index contributed by atoms with van der Waals surface area (Å²) in [5, 5.41) is 5.93. The summed E-state index contributed by atoms with van der Waals surface area (Å²) in [5.41, 5.74) is 1.15. The van der Waals surface area contributed by atoms with Crippen molar-refractivity contribution in [1.29, 1.82) is 0 Å². The molecule has 3 rings (SSSR count). The topological polar surface area (TPSA) is 54.5 Å². The average Bonchev–Trinajstić information content (AvgIpc) is 3.03. The van der Waals surface area contributed by atoms with Crippen LogP contribution < -0.4 is 5.32 Å². The first-order valence-corrected chi connectivity index (χ1v) is 8.04. The minimum absolute atomic E-state index is 0.0149. The fraction of sp³-hybridized carbons (Fsp3) is 0.714. The molecule has 6 heteroatoms. The predicted octanol–water partition coefficient (Wildman–Crippen LogP) is 1.18. The van der Waals surface area contributed by atoms with Gasteiger partial charge in [0.2, 0.25) is 5.91 Å². The van der Waals surface area contributed by atoms with Gasteiger partial charge in [-0.15, -0.1) is 11.3 Å². The average molecular weight is 295 g/mol. The number of ether oxygens (including phenoxy) is 1. The van der Waals surface area contributed by atoms with E-state index in [1.807, 2.05) is 6.92 Å². The molecule has 1 aromatic rings. The van der Waals surface area contributed by atoms with Crippen LogP contribution in [-0.2, 0) is 16.1 Å². The lowest BCUT2D eigenvalue weighted by molar-refractivity contribution is -0.132. The highest BCUT2D eigenvalue weighted by molar-refractivity contribution is 7.09. The number of rotatable bonds is 3. The fourth-order valence-electron chi connectivity index (χ4n) is 3.18. The van der Waals surface area contributed by atoms with Crippen LogP contribution in [0.1, 0.15) is 23.5 Å². The van der Waals surface area contributed by atoms with E-state index in [4.69, 9.17) is 4.74 Å². The lowest BCUT2D eigenvalue weighted by Crippen LogP contribution is -2.42. The van der Waals surface area contributed by atoms with E-state index in [-0.39, 0.29) is 18.1 Å². The Morgan fingerprint density at radius 2 is 2.50 bits per heavy atom. The summed E-state index contributed by atoms with van der Waals surface area (Å²) in [4.78, 5) is 18.6. The molecule has 0 saturated carbocycles. The second kappa shape index (κ2) is 5.79. The van der Waals surface area contributed by atoms with Crippen LogP contribution in [0, 0.1) is 12.8 Å². The zero-order valence-corrected chi connectivity index (χ0v) is 12.8. The van der Waals surface area contributed by atoms with Crippen LogP contribution >= 0.6 is 11.3 Å². The van der Waals surface area contributed by atoms with Crippen LogP contribution in [0.25, 0.3) is 0 Å². The summed E-state index contributed by atoms with van der Waals surface area (Å²) < 4.78 is 5.92. The Labute approximate surface area is 123 Å². The van der Waals surface area contributed by atoms with Crippen molar-refractivity contribution in [1.82, 2.24) is 15.2 Å². The van der Waals surface area contributed by atoms with Gasteiger partial charge in [-0.2, -0.15) is 0 Å². The van der Waals surface area contributed by atoms with Gasteiger partial charge in [0.1, 0.15) is 6.10 Å². The molecule has 0 spiro atoms.